The summed E-state index contributed by atoms with van der Waals surface area (Å²) in [6.45, 7) is 6.98. The maximum atomic E-state index is 9.21. The van der Waals surface area contributed by atoms with Gasteiger partial charge in [0.1, 0.15) is 0 Å². The standard InChI is InChI=1S/C14H22ClNO3/c1-5-19-12-7-10(6-11(15)13(12)18-4)8-16-14(2,3)9-17/h6-7,16-17H,5,8-9H2,1-4H3. The minimum absolute atomic E-state index is 0.0647. The third-order valence-corrected chi connectivity index (χ3v) is 3.02. The van der Waals surface area contributed by atoms with Crippen LogP contribution < -0.4 is 14.8 Å². The number of hydrogen-bond acceptors (Lipinski definition) is 4. The molecular formula is C14H22ClNO3. The van der Waals surface area contributed by atoms with Gasteiger partial charge in [-0.2, -0.15) is 0 Å². The lowest BCUT2D eigenvalue weighted by Crippen LogP contribution is -2.42. The van der Waals surface area contributed by atoms with Crippen molar-refractivity contribution in [3.8, 4) is 11.5 Å². The predicted octanol–water partition coefficient (Wildman–Crippen LogP) is 2.61. The molecule has 0 bridgehead atoms. The normalized spacial score (nSPS) is 11.5. The highest BCUT2D eigenvalue weighted by molar-refractivity contribution is 6.32. The molecular weight excluding hydrogens is 266 g/mol. The number of rotatable bonds is 7. The van der Waals surface area contributed by atoms with Gasteiger partial charge in [-0.05, 0) is 38.5 Å². The van der Waals surface area contributed by atoms with E-state index in [0.29, 0.717) is 29.7 Å². The molecule has 0 atom stereocenters. The Labute approximate surface area is 119 Å². The zero-order chi connectivity index (χ0) is 14.5. The quantitative estimate of drug-likeness (QED) is 0.809. The van der Waals surface area contributed by atoms with E-state index in [4.69, 9.17) is 21.1 Å². The average molecular weight is 288 g/mol. The van der Waals surface area contributed by atoms with Gasteiger partial charge in [0.15, 0.2) is 11.5 Å². The van der Waals surface area contributed by atoms with E-state index in [1.165, 1.54) is 0 Å². The van der Waals surface area contributed by atoms with E-state index >= 15 is 0 Å². The van der Waals surface area contributed by atoms with Gasteiger partial charge < -0.3 is 19.9 Å². The molecule has 0 fully saturated rings. The van der Waals surface area contributed by atoms with Crippen LogP contribution in [0.5, 0.6) is 11.5 Å². The number of aliphatic hydroxyl groups is 1. The Bertz CT molecular complexity index is 421. The second-order valence-electron chi connectivity index (χ2n) is 4.94. The minimum atomic E-state index is -0.335. The van der Waals surface area contributed by atoms with Crippen LogP contribution in [0.15, 0.2) is 12.1 Å². The SMILES string of the molecule is CCOc1cc(CNC(C)(C)CO)cc(Cl)c1OC. The summed E-state index contributed by atoms with van der Waals surface area (Å²) in [5.74, 6) is 1.18. The van der Waals surface area contributed by atoms with Gasteiger partial charge in [-0.15, -0.1) is 0 Å². The van der Waals surface area contributed by atoms with E-state index in [-0.39, 0.29) is 12.1 Å². The van der Waals surface area contributed by atoms with Crippen molar-refractivity contribution in [3.05, 3.63) is 22.7 Å². The molecule has 1 rings (SSSR count). The number of ether oxygens (including phenoxy) is 2. The Morgan fingerprint density at radius 3 is 2.58 bits per heavy atom. The summed E-state index contributed by atoms with van der Waals surface area (Å²) in [5.41, 5.74) is 0.647. The minimum Gasteiger partial charge on any atom is -0.491 e. The zero-order valence-electron chi connectivity index (χ0n) is 11.9. The fourth-order valence-corrected chi connectivity index (χ4v) is 1.89. The van der Waals surface area contributed by atoms with E-state index < -0.39 is 0 Å². The van der Waals surface area contributed by atoms with Crippen molar-refractivity contribution < 1.29 is 14.6 Å². The number of methoxy groups -OCH3 is 1. The van der Waals surface area contributed by atoms with E-state index in [2.05, 4.69) is 5.32 Å². The van der Waals surface area contributed by atoms with Gasteiger partial charge in [0, 0.05) is 12.1 Å². The molecule has 0 aromatic heterocycles. The molecule has 0 spiro atoms. The van der Waals surface area contributed by atoms with Gasteiger partial charge in [-0.25, -0.2) is 0 Å². The lowest BCUT2D eigenvalue weighted by atomic mass is 10.1. The van der Waals surface area contributed by atoms with E-state index in [1.54, 1.807) is 7.11 Å². The predicted molar refractivity (Wildman–Crippen MR) is 77.2 cm³/mol. The molecule has 0 radical (unpaired) electrons. The fraction of sp³-hybridized carbons (Fsp3) is 0.571. The van der Waals surface area contributed by atoms with E-state index in [0.717, 1.165) is 5.56 Å². The first kappa shape index (κ1) is 16.1. The van der Waals surface area contributed by atoms with Gasteiger partial charge in [0.05, 0.1) is 25.3 Å². The van der Waals surface area contributed by atoms with Crippen LogP contribution in [0.25, 0.3) is 0 Å². The number of halogens is 1. The third kappa shape index (κ3) is 4.56. The molecule has 1 aromatic carbocycles. The molecule has 0 saturated carbocycles. The Morgan fingerprint density at radius 1 is 1.37 bits per heavy atom. The number of benzene rings is 1. The summed E-state index contributed by atoms with van der Waals surface area (Å²) < 4.78 is 10.8. The summed E-state index contributed by atoms with van der Waals surface area (Å²) in [7, 11) is 1.57. The Hall–Kier alpha value is -0.970. The van der Waals surface area contributed by atoms with Crippen molar-refractivity contribution in [1.29, 1.82) is 0 Å². The fourth-order valence-electron chi connectivity index (χ4n) is 1.58. The highest BCUT2D eigenvalue weighted by Crippen LogP contribution is 2.36. The highest BCUT2D eigenvalue weighted by atomic mass is 35.5. The zero-order valence-corrected chi connectivity index (χ0v) is 12.7. The first-order valence-corrected chi connectivity index (χ1v) is 6.66. The van der Waals surface area contributed by atoms with Crippen molar-refractivity contribution >= 4 is 11.6 Å². The Balaban J connectivity index is 2.91. The average Bonchev–Trinajstić information content (AvgIpc) is 2.37. The highest BCUT2D eigenvalue weighted by Gasteiger charge is 2.16. The molecule has 0 aliphatic heterocycles. The smallest absolute Gasteiger partial charge is 0.179 e. The van der Waals surface area contributed by atoms with Gasteiger partial charge in [0.25, 0.3) is 0 Å². The Kier molecular flexibility index (Phi) is 5.91. The number of aliphatic hydroxyl groups excluding tert-OH is 1. The van der Waals surface area contributed by atoms with Crippen LogP contribution in [-0.4, -0.2) is 31.0 Å². The largest absolute Gasteiger partial charge is 0.491 e. The van der Waals surface area contributed by atoms with Crippen molar-refractivity contribution in [2.45, 2.75) is 32.9 Å². The van der Waals surface area contributed by atoms with Crippen LogP contribution in [0.3, 0.4) is 0 Å². The molecule has 5 heteroatoms. The number of nitrogens with one attached hydrogen (secondary N) is 1. The van der Waals surface area contributed by atoms with Gasteiger partial charge in [-0.3, -0.25) is 0 Å². The molecule has 0 saturated heterocycles. The van der Waals surface area contributed by atoms with Crippen LogP contribution >= 0.6 is 11.6 Å². The topological polar surface area (TPSA) is 50.7 Å². The number of hydrogen-bond donors (Lipinski definition) is 2. The molecule has 108 valence electrons. The second kappa shape index (κ2) is 6.98. The van der Waals surface area contributed by atoms with Gasteiger partial charge in [0.2, 0.25) is 0 Å². The summed E-state index contributed by atoms with van der Waals surface area (Å²) >= 11 is 6.17. The van der Waals surface area contributed by atoms with Crippen LogP contribution in [0.1, 0.15) is 26.3 Å². The summed E-state index contributed by atoms with van der Waals surface area (Å²) in [6.07, 6.45) is 0. The van der Waals surface area contributed by atoms with Crippen molar-refractivity contribution in [1.82, 2.24) is 5.32 Å². The van der Waals surface area contributed by atoms with Crippen molar-refractivity contribution in [2.75, 3.05) is 20.3 Å². The molecule has 0 aliphatic carbocycles. The van der Waals surface area contributed by atoms with E-state index in [1.807, 2.05) is 32.9 Å². The molecule has 0 aliphatic rings. The first-order valence-electron chi connectivity index (χ1n) is 6.28. The molecule has 0 heterocycles. The molecule has 2 N–H and O–H groups in total. The van der Waals surface area contributed by atoms with Crippen molar-refractivity contribution in [2.24, 2.45) is 0 Å². The summed E-state index contributed by atoms with van der Waals surface area (Å²) in [5, 5.41) is 13.0. The summed E-state index contributed by atoms with van der Waals surface area (Å²) in [6, 6.07) is 3.73. The first-order chi connectivity index (χ1) is 8.93. The van der Waals surface area contributed by atoms with Gasteiger partial charge in [-0.1, -0.05) is 11.6 Å². The maximum Gasteiger partial charge on any atom is 0.179 e. The molecule has 0 amide bonds. The van der Waals surface area contributed by atoms with Crippen LogP contribution in [0.4, 0.5) is 0 Å². The molecule has 1 aromatic rings. The van der Waals surface area contributed by atoms with Crippen LogP contribution in [-0.2, 0) is 6.54 Å². The summed E-state index contributed by atoms with van der Waals surface area (Å²) in [4.78, 5) is 0. The third-order valence-electron chi connectivity index (χ3n) is 2.74. The van der Waals surface area contributed by atoms with Gasteiger partial charge >= 0.3 is 0 Å². The lowest BCUT2D eigenvalue weighted by Gasteiger charge is -2.24. The van der Waals surface area contributed by atoms with Crippen molar-refractivity contribution in [3.63, 3.8) is 0 Å². The van der Waals surface area contributed by atoms with Crippen LogP contribution in [0.2, 0.25) is 5.02 Å². The maximum absolute atomic E-state index is 9.21. The van der Waals surface area contributed by atoms with Crippen LogP contribution in [0, 0.1) is 0 Å². The molecule has 19 heavy (non-hydrogen) atoms. The Morgan fingerprint density at radius 2 is 2.05 bits per heavy atom. The van der Waals surface area contributed by atoms with E-state index in [9.17, 15) is 5.11 Å². The molecule has 4 nitrogen and oxygen atoms in total. The monoisotopic (exact) mass is 287 g/mol. The lowest BCUT2D eigenvalue weighted by molar-refractivity contribution is 0.187. The molecule has 0 unspecified atom stereocenters. The second-order valence-corrected chi connectivity index (χ2v) is 5.34.